The van der Waals surface area contributed by atoms with Gasteiger partial charge in [0.15, 0.2) is 38.7 Å². The maximum absolute atomic E-state index is 12.3. The zero-order chi connectivity index (χ0) is 60.2. The molecule has 7 aromatic heterocycles. The Labute approximate surface area is 492 Å². The van der Waals surface area contributed by atoms with Crippen LogP contribution in [0.25, 0.3) is 22.3 Å². The van der Waals surface area contributed by atoms with E-state index in [1.165, 1.54) is 19.0 Å². The summed E-state index contributed by atoms with van der Waals surface area (Å²) in [5, 5.41) is 12.7. The van der Waals surface area contributed by atoms with Gasteiger partial charge in [-0.25, -0.2) is 49.3 Å². The number of pyridine rings is 2. The third kappa shape index (κ3) is 17.8. The van der Waals surface area contributed by atoms with E-state index in [2.05, 4.69) is 55.2 Å². The summed E-state index contributed by atoms with van der Waals surface area (Å²) in [4.78, 5) is 83.4. The normalized spacial score (nSPS) is 15.5. The van der Waals surface area contributed by atoms with E-state index in [9.17, 15) is 14.4 Å². The minimum absolute atomic E-state index is 0.187. The molecule has 10 rings (SSSR count). The quantitative estimate of drug-likeness (QED) is 0.103. The Balaban J connectivity index is 0.000000169. The largest absolute Gasteiger partial charge is 0.506 e. The summed E-state index contributed by atoms with van der Waals surface area (Å²) >= 11 is 11.9. The van der Waals surface area contributed by atoms with E-state index in [4.69, 9.17) is 53.0 Å². The molecule has 27 heteroatoms. The van der Waals surface area contributed by atoms with Gasteiger partial charge in [-0.2, -0.15) is 4.98 Å². The van der Waals surface area contributed by atoms with Crippen LogP contribution in [0.2, 0.25) is 10.3 Å². The van der Waals surface area contributed by atoms with E-state index in [-0.39, 0.29) is 47.3 Å². The number of carbonyl (C=O) groups excluding carboxylic acids is 3. The van der Waals surface area contributed by atoms with Gasteiger partial charge >= 0.3 is 18.3 Å². The van der Waals surface area contributed by atoms with Crippen LogP contribution in [0.15, 0.2) is 68.3 Å². The van der Waals surface area contributed by atoms with Gasteiger partial charge in [0.1, 0.15) is 52.7 Å². The van der Waals surface area contributed by atoms with Crippen molar-refractivity contribution in [3.05, 3.63) is 90.0 Å². The van der Waals surface area contributed by atoms with Crippen LogP contribution in [-0.2, 0) is 14.2 Å². The second-order valence-corrected chi connectivity index (χ2v) is 23.7. The van der Waals surface area contributed by atoms with Crippen LogP contribution in [0.1, 0.15) is 124 Å². The Morgan fingerprint density at radius 3 is 1.47 bits per heavy atom. The predicted molar refractivity (Wildman–Crippen MR) is 313 cm³/mol. The number of hydrogen-bond acceptors (Lipinski definition) is 20. The Bertz CT molecular complexity index is 3280. The maximum atomic E-state index is 12.3. The van der Waals surface area contributed by atoms with Gasteiger partial charge in [-0.15, -0.1) is 0 Å². The number of halogens is 2. The van der Waals surface area contributed by atoms with Gasteiger partial charge in [0.05, 0.1) is 24.0 Å². The number of hydrogen-bond donors (Lipinski definition) is 3. The van der Waals surface area contributed by atoms with Crippen LogP contribution in [0.4, 0.5) is 25.9 Å². The molecule has 7 aromatic rings. The molecule has 0 unspecified atom stereocenters. The van der Waals surface area contributed by atoms with Gasteiger partial charge in [0.25, 0.3) is 5.88 Å². The number of anilines is 2. The molecule has 0 saturated carbocycles. The van der Waals surface area contributed by atoms with Gasteiger partial charge in [-0.1, -0.05) is 23.2 Å². The number of fused-ring (bicyclic) bond motifs is 2. The van der Waals surface area contributed by atoms with Crippen molar-refractivity contribution in [1.29, 1.82) is 0 Å². The first-order chi connectivity index (χ1) is 39.2. The molecular formula is C56H75Cl2N17O8. The van der Waals surface area contributed by atoms with Crippen molar-refractivity contribution in [2.24, 2.45) is 0 Å². The van der Waals surface area contributed by atoms with Crippen molar-refractivity contribution in [2.75, 3.05) is 50.3 Å². The number of amides is 3. The van der Waals surface area contributed by atoms with Gasteiger partial charge < -0.3 is 58.9 Å². The molecule has 0 spiro atoms. The van der Waals surface area contributed by atoms with Crippen molar-refractivity contribution in [3.63, 3.8) is 0 Å². The second-order valence-electron chi connectivity index (χ2n) is 23.0. The summed E-state index contributed by atoms with van der Waals surface area (Å²) in [5.74, 6) is 1.84. The number of ether oxygens (including phenoxy) is 4. The average Bonchev–Trinajstić information content (AvgIpc) is 4.31. The minimum atomic E-state index is -0.492. The zero-order valence-corrected chi connectivity index (χ0v) is 50.4. The number of nitrogen functional groups attached to an aromatic ring is 1. The Morgan fingerprint density at radius 1 is 0.566 bits per heavy atom. The van der Waals surface area contributed by atoms with Crippen LogP contribution in [0.5, 0.6) is 17.4 Å². The van der Waals surface area contributed by atoms with Crippen molar-refractivity contribution in [3.8, 4) is 17.4 Å². The lowest BCUT2D eigenvalue weighted by Crippen LogP contribution is -2.44. The molecule has 83 heavy (non-hydrogen) atoms. The highest BCUT2D eigenvalue weighted by Gasteiger charge is 2.32. The van der Waals surface area contributed by atoms with Crippen LogP contribution >= 0.6 is 23.2 Å². The monoisotopic (exact) mass is 1180 g/mol. The highest BCUT2D eigenvalue weighted by molar-refractivity contribution is 6.33. The number of nitrogens with one attached hydrogen (secondary N) is 1. The third-order valence-electron chi connectivity index (χ3n) is 13.1. The number of nitrogens with two attached hydrogens (primary N) is 1. The number of piperidine rings is 3. The zero-order valence-electron chi connectivity index (χ0n) is 48.9. The lowest BCUT2D eigenvalue weighted by atomic mass is 10.1. The van der Waals surface area contributed by atoms with Crippen LogP contribution in [-0.4, -0.2) is 159 Å². The topological polar surface area (TPSA) is 295 Å². The summed E-state index contributed by atoms with van der Waals surface area (Å²) in [7, 11) is 0. The molecule has 446 valence electrons. The fourth-order valence-corrected chi connectivity index (χ4v) is 9.25. The Morgan fingerprint density at radius 2 is 1.00 bits per heavy atom. The number of aryl methyl sites for hydroxylation is 2. The van der Waals surface area contributed by atoms with Gasteiger partial charge in [0.2, 0.25) is 0 Å². The summed E-state index contributed by atoms with van der Waals surface area (Å²) in [6.07, 6.45) is 15.2. The van der Waals surface area contributed by atoms with Crippen LogP contribution < -0.4 is 15.8 Å². The number of carbonyl (C=O) groups is 3. The molecule has 3 aliphatic heterocycles. The number of nitrogens with zero attached hydrogens (tertiary/aromatic N) is 15. The lowest BCUT2D eigenvalue weighted by Gasteiger charge is -2.34. The average molecular weight is 1190 g/mol. The van der Waals surface area contributed by atoms with E-state index in [1.54, 1.807) is 58.8 Å². The molecule has 3 saturated heterocycles. The SMILES string of the molecule is CC(C)(C)OC(=O)N1CCC(Nc2ncnc(Cl)c2N)CC1.CC(C)(C)OC(=O)N1CCC(n2cnc3c(Cl)ncnc32)CC1.Cc1ncccc1O.Cc1ncccc1Oc1ncnc2c1ncn2C1CCN(C(=O)OC(C)(C)C)CC1. The fraction of sp³-hybridized carbons (Fsp3) is 0.518. The third-order valence-corrected chi connectivity index (χ3v) is 13.7. The standard InChI is InChI=1S/C21H26N6O3.C15H20ClN5O2.C14H22ClN5O2.C6H7NO/c1-14-16(6-5-9-22-14)29-19-17-18(23-12-24-19)27(13-25-17)15-7-10-26(11-8-15)20(28)30-21(2,3)4;1-15(2,3)23-14(22)20-6-4-10(5-7-20)21-9-19-11-12(16)17-8-18-13(11)21;1-14(2,3)22-13(21)20-6-4-9(5-7-20)19-12-10(16)11(15)17-8-18-12;1-5-6(8)3-2-4-7-5/h5-6,9,12-13,15H,7-8,10-11H2,1-4H3;8-10H,4-7H2,1-3H3;8-9H,4-7,16H2,1-3H3,(H,17,18,19);2-4,8H,1H3. The number of rotatable bonds is 6. The highest BCUT2D eigenvalue weighted by Crippen LogP contribution is 2.33. The minimum Gasteiger partial charge on any atom is -0.506 e. The number of aromatic hydroxyl groups is 1. The Kier molecular flexibility index (Phi) is 20.7. The summed E-state index contributed by atoms with van der Waals surface area (Å²) in [6, 6.07) is 7.59. The van der Waals surface area contributed by atoms with Gasteiger partial charge in [-0.05, 0) is 139 Å². The number of imidazole rings is 2. The molecule has 0 aliphatic carbocycles. The molecular weight excluding hydrogens is 1110 g/mol. The number of likely N-dealkylation sites (tertiary alicyclic amines) is 3. The van der Waals surface area contributed by atoms with Gasteiger partial charge in [0, 0.05) is 69.8 Å². The van der Waals surface area contributed by atoms with E-state index in [0.717, 1.165) is 55.5 Å². The van der Waals surface area contributed by atoms with E-state index < -0.39 is 16.8 Å². The predicted octanol–water partition coefficient (Wildman–Crippen LogP) is 10.6. The molecule has 3 amide bonds. The lowest BCUT2D eigenvalue weighted by molar-refractivity contribution is 0.0179. The van der Waals surface area contributed by atoms with E-state index >= 15 is 0 Å². The highest BCUT2D eigenvalue weighted by atomic mass is 35.5. The van der Waals surface area contributed by atoms with Crippen molar-refractivity contribution >= 4 is 75.3 Å². The molecule has 10 heterocycles. The molecule has 3 fully saturated rings. The van der Waals surface area contributed by atoms with Crippen molar-refractivity contribution < 1.29 is 38.4 Å². The molecule has 4 N–H and O–H groups in total. The fourth-order valence-electron chi connectivity index (χ4n) is 8.94. The van der Waals surface area contributed by atoms with E-state index in [0.29, 0.717) is 84.3 Å². The summed E-state index contributed by atoms with van der Waals surface area (Å²) in [6.45, 7) is 24.3. The van der Waals surface area contributed by atoms with Crippen molar-refractivity contribution in [1.82, 2.24) is 73.7 Å². The molecule has 0 aromatic carbocycles. The second kappa shape index (κ2) is 27.4. The molecule has 3 aliphatic rings. The number of aromatic nitrogens is 12. The van der Waals surface area contributed by atoms with Crippen LogP contribution in [0.3, 0.4) is 0 Å². The first-order valence-electron chi connectivity index (χ1n) is 27.4. The smallest absolute Gasteiger partial charge is 0.410 e. The molecule has 0 atom stereocenters. The molecule has 0 radical (unpaired) electrons. The first-order valence-corrected chi connectivity index (χ1v) is 28.2. The molecule has 0 bridgehead atoms. The van der Waals surface area contributed by atoms with Crippen LogP contribution in [0, 0.1) is 13.8 Å². The maximum Gasteiger partial charge on any atom is 0.410 e. The Hall–Kier alpha value is -7.93. The van der Waals surface area contributed by atoms with Gasteiger partial charge in [-0.3, -0.25) is 9.97 Å². The first kappa shape index (κ1) is 62.7. The van der Waals surface area contributed by atoms with Crippen molar-refractivity contribution in [2.45, 2.75) is 150 Å². The molecule has 25 nitrogen and oxygen atoms in total. The summed E-state index contributed by atoms with van der Waals surface area (Å²) in [5.41, 5.74) is 8.88. The van der Waals surface area contributed by atoms with E-state index in [1.807, 2.05) is 90.5 Å². The summed E-state index contributed by atoms with van der Waals surface area (Å²) < 4.78 is 26.3.